The highest BCUT2D eigenvalue weighted by Crippen LogP contribution is 2.26. The normalized spacial score (nSPS) is 12.9. The molecule has 6 heteroatoms. The molecule has 1 aromatic heterocycles. The van der Waals surface area contributed by atoms with Crippen LogP contribution < -0.4 is 11.1 Å². The number of hydrogen-bond donors (Lipinski definition) is 2. The van der Waals surface area contributed by atoms with Gasteiger partial charge in [0.1, 0.15) is 5.82 Å². The van der Waals surface area contributed by atoms with Crippen LogP contribution in [0.15, 0.2) is 12.3 Å². The molecule has 1 aromatic rings. The number of aromatic nitrogens is 1. The van der Waals surface area contributed by atoms with E-state index in [4.69, 9.17) is 26.8 Å². The number of nitrogens with zero attached hydrogens (tertiary/aromatic N) is 1. The number of rotatable bonds is 8. The van der Waals surface area contributed by atoms with Crippen LogP contribution in [-0.2, 0) is 9.47 Å². The van der Waals surface area contributed by atoms with Gasteiger partial charge in [-0.3, -0.25) is 0 Å². The van der Waals surface area contributed by atoms with Gasteiger partial charge in [0.05, 0.1) is 11.1 Å². The Bertz CT molecular complexity index is 384. The van der Waals surface area contributed by atoms with Gasteiger partial charge in [0.2, 0.25) is 0 Å². The molecule has 19 heavy (non-hydrogen) atoms. The third kappa shape index (κ3) is 4.62. The molecular weight excluding hydrogens is 266 g/mol. The fraction of sp³-hybridized carbons (Fsp3) is 0.615. The number of ether oxygens (including phenoxy) is 2. The topological polar surface area (TPSA) is 69.4 Å². The fourth-order valence-electron chi connectivity index (χ4n) is 1.86. The molecule has 0 bridgehead atoms. The van der Waals surface area contributed by atoms with Gasteiger partial charge in [0.15, 0.2) is 6.29 Å². The Labute approximate surface area is 119 Å². The van der Waals surface area contributed by atoms with E-state index in [1.807, 2.05) is 20.8 Å². The Morgan fingerprint density at radius 1 is 1.32 bits per heavy atom. The van der Waals surface area contributed by atoms with Gasteiger partial charge in [-0.1, -0.05) is 18.5 Å². The molecule has 0 saturated carbocycles. The molecule has 0 aliphatic carbocycles. The molecule has 1 unspecified atom stereocenters. The van der Waals surface area contributed by atoms with E-state index in [-0.39, 0.29) is 6.04 Å². The lowest BCUT2D eigenvalue weighted by atomic mass is 10.1. The van der Waals surface area contributed by atoms with Gasteiger partial charge in [0.25, 0.3) is 0 Å². The third-order valence-corrected chi connectivity index (χ3v) is 2.82. The van der Waals surface area contributed by atoms with Gasteiger partial charge in [-0.05, 0) is 26.5 Å². The molecule has 0 amide bonds. The molecule has 1 atom stereocenters. The van der Waals surface area contributed by atoms with Crippen LogP contribution in [0.4, 0.5) is 5.82 Å². The minimum atomic E-state index is -0.419. The number of hydrogen-bond acceptors (Lipinski definition) is 5. The standard InChI is InChI=1S/C13H22ClN3O2/c1-4-16-11(13(18-5-2)19-6-3)10-7-9(14)8-17-12(10)15/h7-8,11,13,16H,4-6H2,1-3H3,(H2,15,17). The molecule has 0 aliphatic heterocycles. The van der Waals surface area contributed by atoms with Crippen molar-refractivity contribution in [2.45, 2.75) is 33.1 Å². The maximum atomic E-state index is 5.99. The molecule has 0 spiro atoms. The zero-order valence-electron chi connectivity index (χ0n) is 11.6. The monoisotopic (exact) mass is 287 g/mol. The number of halogens is 1. The summed E-state index contributed by atoms with van der Waals surface area (Å²) < 4.78 is 11.3. The molecule has 0 fully saturated rings. The van der Waals surface area contributed by atoms with Crippen molar-refractivity contribution >= 4 is 17.4 Å². The molecule has 1 heterocycles. The molecule has 0 aliphatic rings. The highest BCUT2D eigenvalue weighted by atomic mass is 35.5. The van der Waals surface area contributed by atoms with Crippen LogP contribution in [0.5, 0.6) is 0 Å². The summed E-state index contributed by atoms with van der Waals surface area (Å²) in [6, 6.07) is 1.60. The van der Waals surface area contributed by atoms with Crippen molar-refractivity contribution in [3.05, 3.63) is 22.8 Å². The van der Waals surface area contributed by atoms with Crippen molar-refractivity contribution in [2.75, 3.05) is 25.5 Å². The first-order chi connectivity index (χ1) is 9.13. The van der Waals surface area contributed by atoms with Gasteiger partial charge >= 0.3 is 0 Å². The van der Waals surface area contributed by atoms with Crippen LogP contribution in [0.25, 0.3) is 0 Å². The maximum absolute atomic E-state index is 5.99. The molecule has 108 valence electrons. The molecule has 1 rings (SSSR count). The average Bonchev–Trinajstić information content (AvgIpc) is 2.39. The summed E-state index contributed by atoms with van der Waals surface area (Å²) in [5.74, 6) is 0.430. The summed E-state index contributed by atoms with van der Waals surface area (Å²) in [7, 11) is 0. The predicted octanol–water partition coefficient (Wildman–Crippen LogP) is 2.37. The minimum absolute atomic E-state index is 0.198. The van der Waals surface area contributed by atoms with Gasteiger partial charge in [0, 0.05) is 25.0 Å². The summed E-state index contributed by atoms with van der Waals surface area (Å²) >= 11 is 5.99. The van der Waals surface area contributed by atoms with E-state index in [9.17, 15) is 0 Å². The van der Waals surface area contributed by atoms with Crippen LogP contribution >= 0.6 is 11.6 Å². The number of nitrogen functional groups attached to an aromatic ring is 1. The van der Waals surface area contributed by atoms with Crippen LogP contribution in [0, 0.1) is 0 Å². The Morgan fingerprint density at radius 2 is 1.95 bits per heavy atom. The van der Waals surface area contributed by atoms with Crippen molar-refractivity contribution < 1.29 is 9.47 Å². The first-order valence-electron chi connectivity index (χ1n) is 6.51. The van der Waals surface area contributed by atoms with Gasteiger partial charge in [-0.15, -0.1) is 0 Å². The number of pyridine rings is 1. The average molecular weight is 288 g/mol. The number of nitrogens with one attached hydrogen (secondary N) is 1. The lowest BCUT2D eigenvalue weighted by Gasteiger charge is -2.28. The van der Waals surface area contributed by atoms with Crippen molar-refractivity contribution in [1.82, 2.24) is 10.3 Å². The molecule has 0 aromatic carbocycles. The van der Waals surface area contributed by atoms with E-state index in [0.29, 0.717) is 24.1 Å². The summed E-state index contributed by atoms with van der Waals surface area (Å²) in [4.78, 5) is 4.08. The Balaban J connectivity index is 3.05. The zero-order valence-corrected chi connectivity index (χ0v) is 12.4. The van der Waals surface area contributed by atoms with Crippen molar-refractivity contribution in [1.29, 1.82) is 0 Å². The second kappa shape index (κ2) is 8.32. The first-order valence-corrected chi connectivity index (χ1v) is 6.89. The second-order valence-electron chi connectivity index (χ2n) is 3.94. The molecule has 0 radical (unpaired) electrons. The van der Waals surface area contributed by atoms with E-state index in [1.54, 1.807) is 6.07 Å². The molecular formula is C13H22ClN3O2. The number of nitrogens with two attached hydrogens (primary N) is 1. The Hall–Kier alpha value is -0.880. The van der Waals surface area contributed by atoms with Gasteiger partial charge in [-0.25, -0.2) is 4.98 Å². The van der Waals surface area contributed by atoms with E-state index >= 15 is 0 Å². The quantitative estimate of drug-likeness (QED) is 0.719. The van der Waals surface area contributed by atoms with Crippen LogP contribution in [-0.4, -0.2) is 31.0 Å². The zero-order chi connectivity index (χ0) is 14.3. The Morgan fingerprint density at radius 3 is 2.47 bits per heavy atom. The summed E-state index contributed by atoms with van der Waals surface area (Å²) in [6.45, 7) is 7.73. The largest absolute Gasteiger partial charge is 0.383 e. The van der Waals surface area contributed by atoms with Crippen molar-refractivity contribution in [3.63, 3.8) is 0 Å². The fourth-order valence-corrected chi connectivity index (χ4v) is 2.02. The van der Waals surface area contributed by atoms with Crippen molar-refractivity contribution in [2.24, 2.45) is 0 Å². The first kappa shape index (κ1) is 16.2. The van der Waals surface area contributed by atoms with Gasteiger partial charge in [-0.2, -0.15) is 0 Å². The van der Waals surface area contributed by atoms with E-state index < -0.39 is 6.29 Å². The lowest BCUT2D eigenvalue weighted by molar-refractivity contribution is -0.155. The predicted molar refractivity (Wildman–Crippen MR) is 77.1 cm³/mol. The van der Waals surface area contributed by atoms with Crippen LogP contribution in [0.3, 0.4) is 0 Å². The third-order valence-electron chi connectivity index (χ3n) is 2.61. The van der Waals surface area contributed by atoms with Crippen LogP contribution in [0.1, 0.15) is 32.4 Å². The SMILES string of the molecule is CCNC(c1cc(Cl)cnc1N)C(OCC)OCC. The minimum Gasteiger partial charge on any atom is -0.383 e. The number of likely N-dealkylation sites (N-methyl/N-ethyl adjacent to an activating group) is 1. The summed E-state index contributed by atoms with van der Waals surface area (Å²) in [5, 5.41) is 3.85. The van der Waals surface area contributed by atoms with E-state index in [2.05, 4.69) is 10.3 Å². The summed E-state index contributed by atoms with van der Waals surface area (Å²) in [6.07, 6.45) is 1.11. The molecule has 0 saturated heterocycles. The second-order valence-corrected chi connectivity index (χ2v) is 4.38. The molecule has 3 N–H and O–H groups in total. The highest BCUT2D eigenvalue weighted by molar-refractivity contribution is 6.30. The number of anilines is 1. The van der Waals surface area contributed by atoms with E-state index in [0.717, 1.165) is 12.1 Å². The van der Waals surface area contributed by atoms with Crippen LogP contribution in [0.2, 0.25) is 5.02 Å². The summed E-state index contributed by atoms with van der Waals surface area (Å²) in [5.41, 5.74) is 6.72. The van der Waals surface area contributed by atoms with Crippen molar-refractivity contribution in [3.8, 4) is 0 Å². The smallest absolute Gasteiger partial charge is 0.176 e. The maximum Gasteiger partial charge on any atom is 0.176 e. The highest BCUT2D eigenvalue weighted by Gasteiger charge is 2.26. The molecule has 5 nitrogen and oxygen atoms in total. The van der Waals surface area contributed by atoms with Gasteiger partial charge < -0.3 is 20.5 Å². The Kier molecular flexibility index (Phi) is 7.09. The lowest BCUT2D eigenvalue weighted by Crippen LogP contribution is -2.36. The van der Waals surface area contributed by atoms with E-state index in [1.165, 1.54) is 6.20 Å².